The van der Waals surface area contributed by atoms with Crippen molar-refractivity contribution in [2.45, 2.75) is 19.6 Å². The van der Waals surface area contributed by atoms with Crippen LogP contribution in [0.2, 0.25) is 0 Å². The van der Waals surface area contributed by atoms with E-state index < -0.39 is 6.10 Å². The molecule has 35 heavy (non-hydrogen) atoms. The third-order valence-electron chi connectivity index (χ3n) is 5.81. The molecule has 3 heterocycles. The molecule has 2 aromatic carbocycles. The highest BCUT2D eigenvalue weighted by atomic mass is 16.5. The topological polar surface area (TPSA) is 85.2 Å². The number of benzene rings is 2. The van der Waals surface area contributed by atoms with Crippen molar-refractivity contribution in [3.8, 4) is 5.75 Å². The van der Waals surface area contributed by atoms with Gasteiger partial charge in [0.25, 0.3) is 5.91 Å². The molecule has 1 N–H and O–H groups in total. The van der Waals surface area contributed by atoms with Crippen molar-refractivity contribution < 1.29 is 9.53 Å². The van der Waals surface area contributed by atoms with Crippen LogP contribution >= 0.6 is 0 Å². The van der Waals surface area contributed by atoms with Crippen molar-refractivity contribution >= 4 is 39.2 Å². The number of anilines is 2. The smallest absolute Gasteiger partial charge is 0.262 e. The van der Waals surface area contributed by atoms with Gasteiger partial charge in [-0.05, 0) is 55.5 Å². The molecule has 0 saturated carbocycles. The van der Waals surface area contributed by atoms with Crippen LogP contribution in [0.15, 0.2) is 79.4 Å². The minimum Gasteiger partial charge on any atom is -0.480 e. The van der Waals surface area contributed by atoms with Gasteiger partial charge in [-0.15, -0.1) is 0 Å². The Hall–Kier alpha value is -4.46. The zero-order valence-corrected chi connectivity index (χ0v) is 19.8. The summed E-state index contributed by atoms with van der Waals surface area (Å²) in [4.78, 5) is 27.2. The molecule has 1 atom stereocenters. The molecule has 5 aromatic rings. The minimum atomic E-state index is -0.640. The molecular formula is C27H26N6O2. The van der Waals surface area contributed by atoms with Gasteiger partial charge in [0.05, 0.1) is 23.1 Å². The van der Waals surface area contributed by atoms with E-state index in [0.717, 1.165) is 33.2 Å². The van der Waals surface area contributed by atoms with Gasteiger partial charge in [0.15, 0.2) is 6.10 Å². The van der Waals surface area contributed by atoms with Crippen LogP contribution in [-0.2, 0) is 11.3 Å². The fourth-order valence-electron chi connectivity index (χ4n) is 4.09. The van der Waals surface area contributed by atoms with E-state index in [9.17, 15) is 4.79 Å². The van der Waals surface area contributed by atoms with E-state index in [1.807, 2.05) is 48.7 Å². The standard InChI is InChI=1S/C27H26N6O2/c1-18(27(34)32(2)3)35-24-9-6-8-22-25(24)26(30-17-29-22)31-20-10-11-23-19(15-20)12-14-33(23)16-21-7-4-5-13-28-21/h4-15,17-18H,16H2,1-3H3,(H,29,30,31). The molecule has 0 aliphatic carbocycles. The fourth-order valence-corrected chi connectivity index (χ4v) is 4.09. The summed E-state index contributed by atoms with van der Waals surface area (Å²) in [5.41, 5.74) is 3.75. The zero-order chi connectivity index (χ0) is 24.4. The second-order valence-electron chi connectivity index (χ2n) is 8.53. The molecule has 0 aliphatic rings. The van der Waals surface area contributed by atoms with E-state index >= 15 is 0 Å². The number of hydrogen-bond acceptors (Lipinski definition) is 6. The number of ether oxygens (including phenoxy) is 1. The number of nitrogens with one attached hydrogen (secondary N) is 1. The summed E-state index contributed by atoms with van der Waals surface area (Å²) in [7, 11) is 3.42. The van der Waals surface area contributed by atoms with Crippen LogP contribution in [0, 0.1) is 0 Å². The maximum absolute atomic E-state index is 12.3. The lowest BCUT2D eigenvalue weighted by molar-refractivity contribution is -0.135. The average molecular weight is 467 g/mol. The van der Waals surface area contributed by atoms with Gasteiger partial charge in [-0.3, -0.25) is 9.78 Å². The van der Waals surface area contributed by atoms with Gasteiger partial charge in [-0.25, -0.2) is 9.97 Å². The Labute approximate surface area is 203 Å². The Morgan fingerprint density at radius 2 is 1.94 bits per heavy atom. The molecule has 5 rings (SSSR count). The molecule has 176 valence electrons. The van der Waals surface area contributed by atoms with Crippen LogP contribution in [0.1, 0.15) is 12.6 Å². The number of likely N-dealkylation sites (N-methyl/N-ethyl adjacent to an activating group) is 1. The molecule has 1 amide bonds. The third kappa shape index (κ3) is 4.63. The van der Waals surface area contributed by atoms with Crippen LogP contribution < -0.4 is 10.1 Å². The van der Waals surface area contributed by atoms with Crippen LogP contribution in [0.25, 0.3) is 21.8 Å². The van der Waals surface area contributed by atoms with E-state index in [-0.39, 0.29) is 5.91 Å². The van der Waals surface area contributed by atoms with Gasteiger partial charge < -0.3 is 19.5 Å². The van der Waals surface area contributed by atoms with Gasteiger partial charge in [0, 0.05) is 43.1 Å². The number of amides is 1. The van der Waals surface area contributed by atoms with Crippen LogP contribution in [0.4, 0.5) is 11.5 Å². The van der Waals surface area contributed by atoms with Gasteiger partial charge in [0.1, 0.15) is 17.9 Å². The Kier molecular flexibility index (Phi) is 6.01. The van der Waals surface area contributed by atoms with E-state index in [4.69, 9.17) is 4.74 Å². The molecule has 0 saturated heterocycles. The third-order valence-corrected chi connectivity index (χ3v) is 5.81. The van der Waals surface area contributed by atoms with Gasteiger partial charge >= 0.3 is 0 Å². The normalized spacial score (nSPS) is 12.0. The molecule has 1 unspecified atom stereocenters. The lowest BCUT2D eigenvalue weighted by Crippen LogP contribution is -2.35. The molecule has 0 bridgehead atoms. The van der Waals surface area contributed by atoms with Crippen molar-refractivity contribution in [2.75, 3.05) is 19.4 Å². The number of pyridine rings is 1. The van der Waals surface area contributed by atoms with Crippen molar-refractivity contribution in [3.05, 3.63) is 85.1 Å². The summed E-state index contributed by atoms with van der Waals surface area (Å²) < 4.78 is 8.22. The Morgan fingerprint density at radius 3 is 2.74 bits per heavy atom. The van der Waals surface area contributed by atoms with E-state index in [2.05, 4.69) is 49.2 Å². The predicted molar refractivity (Wildman–Crippen MR) is 137 cm³/mol. The summed E-state index contributed by atoms with van der Waals surface area (Å²) in [5.74, 6) is 1.05. The van der Waals surface area contributed by atoms with E-state index in [0.29, 0.717) is 18.1 Å². The first kappa shape index (κ1) is 22.3. The second-order valence-corrected chi connectivity index (χ2v) is 8.53. The summed E-state index contributed by atoms with van der Waals surface area (Å²) >= 11 is 0. The van der Waals surface area contributed by atoms with Crippen LogP contribution in [0.5, 0.6) is 5.75 Å². The molecule has 3 aromatic heterocycles. The first-order valence-electron chi connectivity index (χ1n) is 11.4. The monoisotopic (exact) mass is 466 g/mol. The molecule has 0 aliphatic heterocycles. The molecular weight excluding hydrogens is 440 g/mol. The molecule has 0 spiro atoms. The highest BCUT2D eigenvalue weighted by Gasteiger charge is 2.19. The van der Waals surface area contributed by atoms with Crippen molar-refractivity contribution in [2.24, 2.45) is 0 Å². The zero-order valence-electron chi connectivity index (χ0n) is 19.8. The SMILES string of the molecule is CC(Oc1cccc2ncnc(Nc3ccc4c(ccn4Cc4ccccn4)c3)c12)C(=O)N(C)C. The van der Waals surface area contributed by atoms with Crippen LogP contribution in [-0.4, -0.2) is 50.5 Å². The largest absolute Gasteiger partial charge is 0.480 e. The van der Waals surface area contributed by atoms with Gasteiger partial charge in [0.2, 0.25) is 0 Å². The highest BCUT2D eigenvalue weighted by molar-refractivity contribution is 5.97. The van der Waals surface area contributed by atoms with Gasteiger partial charge in [-0.2, -0.15) is 0 Å². The van der Waals surface area contributed by atoms with Crippen molar-refractivity contribution in [3.63, 3.8) is 0 Å². The number of rotatable bonds is 7. The maximum Gasteiger partial charge on any atom is 0.262 e. The number of carbonyl (C=O) groups is 1. The summed E-state index contributed by atoms with van der Waals surface area (Å²) in [6, 6.07) is 19.8. The number of hydrogen-bond donors (Lipinski definition) is 1. The Balaban J connectivity index is 1.45. The number of carbonyl (C=O) groups excluding carboxylic acids is 1. The lowest BCUT2D eigenvalue weighted by atomic mass is 10.2. The number of nitrogens with zero attached hydrogens (tertiary/aromatic N) is 5. The molecule has 8 nitrogen and oxygen atoms in total. The Morgan fingerprint density at radius 1 is 1.06 bits per heavy atom. The van der Waals surface area contributed by atoms with Crippen molar-refractivity contribution in [1.82, 2.24) is 24.4 Å². The predicted octanol–water partition coefficient (Wildman–Crippen LogP) is 4.63. The first-order chi connectivity index (χ1) is 17.0. The summed E-state index contributed by atoms with van der Waals surface area (Å²) in [6.45, 7) is 2.44. The summed E-state index contributed by atoms with van der Waals surface area (Å²) in [5, 5.41) is 5.24. The van der Waals surface area contributed by atoms with Crippen LogP contribution in [0.3, 0.4) is 0 Å². The second kappa shape index (κ2) is 9.42. The molecule has 0 radical (unpaired) electrons. The molecule has 0 fully saturated rings. The average Bonchev–Trinajstić information content (AvgIpc) is 3.26. The van der Waals surface area contributed by atoms with Crippen molar-refractivity contribution in [1.29, 1.82) is 0 Å². The number of fused-ring (bicyclic) bond motifs is 2. The van der Waals surface area contributed by atoms with E-state index in [1.54, 1.807) is 21.0 Å². The first-order valence-corrected chi connectivity index (χ1v) is 11.4. The lowest BCUT2D eigenvalue weighted by Gasteiger charge is -2.20. The molecule has 8 heteroatoms. The minimum absolute atomic E-state index is 0.117. The van der Waals surface area contributed by atoms with Gasteiger partial charge in [-0.1, -0.05) is 12.1 Å². The maximum atomic E-state index is 12.3. The quantitative estimate of drug-likeness (QED) is 0.377. The number of aromatic nitrogens is 4. The summed E-state index contributed by atoms with van der Waals surface area (Å²) in [6.07, 6.45) is 4.76. The fraction of sp³-hybridized carbons (Fsp3) is 0.185. The highest BCUT2D eigenvalue weighted by Crippen LogP contribution is 2.33. The Bertz CT molecular complexity index is 1490. The van der Waals surface area contributed by atoms with E-state index in [1.165, 1.54) is 11.2 Å².